The number of hydrogen-bond donors (Lipinski definition) is 5. The SMILES string of the molecule is NCC(=O)NC(CC(=O)O)C(=O)NC(Cc1ccccc1)C(=O)O. The molecule has 6 N–H and O–H groups in total. The number of rotatable bonds is 9. The van der Waals surface area contributed by atoms with E-state index in [9.17, 15) is 24.3 Å². The topological polar surface area (TPSA) is 159 Å². The van der Waals surface area contributed by atoms with E-state index >= 15 is 0 Å². The fraction of sp³-hybridized carbons (Fsp3) is 0.333. The second-order valence-electron chi connectivity index (χ2n) is 5.01. The van der Waals surface area contributed by atoms with Crippen molar-refractivity contribution >= 4 is 23.8 Å². The zero-order valence-electron chi connectivity index (χ0n) is 12.8. The zero-order chi connectivity index (χ0) is 18.1. The van der Waals surface area contributed by atoms with Crippen LogP contribution in [0.2, 0.25) is 0 Å². The maximum atomic E-state index is 12.1. The quantitative estimate of drug-likeness (QED) is 0.375. The summed E-state index contributed by atoms with van der Waals surface area (Å²) in [4.78, 5) is 45.6. The lowest BCUT2D eigenvalue weighted by atomic mass is 10.1. The van der Waals surface area contributed by atoms with Crippen LogP contribution in [0.25, 0.3) is 0 Å². The Labute approximate surface area is 137 Å². The molecule has 0 spiro atoms. The van der Waals surface area contributed by atoms with Gasteiger partial charge in [0, 0.05) is 6.42 Å². The summed E-state index contributed by atoms with van der Waals surface area (Å²) in [5, 5.41) is 22.5. The van der Waals surface area contributed by atoms with Crippen molar-refractivity contribution in [1.29, 1.82) is 0 Å². The van der Waals surface area contributed by atoms with Gasteiger partial charge in [0.2, 0.25) is 11.8 Å². The lowest BCUT2D eigenvalue weighted by Crippen LogP contribution is -2.53. The van der Waals surface area contributed by atoms with E-state index in [4.69, 9.17) is 10.8 Å². The molecule has 0 heterocycles. The molecule has 2 unspecified atom stereocenters. The second kappa shape index (κ2) is 9.26. The van der Waals surface area contributed by atoms with Gasteiger partial charge in [0.05, 0.1) is 13.0 Å². The van der Waals surface area contributed by atoms with Gasteiger partial charge in [-0.05, 0) is 5.56 Å². The molecule has 0 aliphatic carbocycles. The molecule has 0 aliphatic rings. The van der Waals surface area contributed by atoms with Crippen molar-refractivity contribution in [2.75, 3.05) is 6.54 Å². The second-order valence-corrected chi connectivity index (χ2v) is 5.01. The van der Waals surface area contributed by atoms with E-state index in [-0.39, 0.29) is 6.42 Å². The molecule has 0 saturated heterocycles. The van der Waals surface area contributed by atoms with Crippen LogP contribution in [0, 0.1) is 0 Å². The number of nitrogens with two attached hydrogens (primary N) is 1. The molecule has 1 rings (SSSR count). The van der Waals surface area contributed by atoms with E-state index in [0.717, 1.165) is 0 Å². The zero-order valence-corrected chi connectivity index (χ0v) is 12.8. The van der Waals surface area contributed by atoms with Crippen molar-refractivity contribution in [2.45, 2.75) is 24.9 Å². The minimum atomic E-state index is -1.41. The molecule has 9 nitrogen and oxygen atoms in total. The number of benzene rings is 1. The minimum absolute atomic E-state index is 0.0204. The predicted molar refractivity (Wildman–Crippen MR) is 83.0 cm³/mol. The monoisotopic (exact) mass is 337 g/mol. The fourth-order valence-electron chi connectivity index (χ4n) is 1.96. The van der Waals surface area contributed by atoms with Crippen LogP contribution in [-0.2, 0) is 25.6 Å². The molecule has 0 radical (unpaired) electrons. The molecule has 1 aromatic carbocycles. The van der Waals surface area contributed by atoms with Crippen molar-refractivity contribution in [2.24, 2.45) is 5.73 Å². The Balaban J connectivity index is 2.81. The smallest absolute Gasteiger partial charge is 0.326 e. The molecule has 2 amide bonds. The fourth-order valence-corrected chi connectivity index (χ4v) is 1.96. The first-order valence-electron chi connectivity index (χ1n) is 7.11. The highest BCUT2D eigenvalue weighted by atomic mass is 16.4. The molecular formula is C15H19N3O6. The molecule has 1 aromatic rings. The number of carboxylic acid groups (broad SMARTS) is 2. The van der Waals surface area contributed by atoms with Crippen molar-refractivity contribution in [3.63, 3.8) is 0 Å². The van der Waals surface area contributed by atoms with Gasteiger partial charge >= 0.3 is 11.9 Å². The third kappa shape index (κ3) is 6.44. The van der Waals surface area contributed by atoms with Crippen LogP contribution in [0.5, 0.6) is 0 Å². The van der Waals surface area contributed by atoms with Crippen LogP contribution in [-0.4, -0.2) is 52.6 Å². The molecule has 0 aliphatic heterocycles. The Kier molecular flexibility index (Phi) is 7.37. The van der Waals surface area contributed by atoms with E-state index in [2.05, 4.69) is 10.6 Å². The van der Waals surface area contributed by atoms with Crippen LogP contribution in [0.1, 0.15) is 12.0 Å². The largest absolute Gasteiger partial charge is 0.481 e. The van der Waals surface area contributed by atoms with Gasteiger partial charge in [-0.15, -0.1) is 0 Å². The number of nitrogens with one attached hydrogen (secondary N) is 2. The average Bonchev–Trinajstić information content (AvgIpc) is 2.53. The van der Waals surface area contributed by atoms with E-state index in [1.54, 1.807) is 30.3 Å². The molecule has 0 aromatic heterocycles. The van der Waals surface area contributed by atoms with E-state index in [1.807, 2.05) is 0 Å². The summed E-state index contributed by atoms with van der Waals surface area (Å²) < 4.78 is 0. The van der Waals surface area contributed by atoms with Crippen molar-refractivity contribution in [3.8, 4) is 0 Å². The Morgan fingerprint density at radius 2 is 1.62 bits per heavy atom. The molecule has 0 bridgehead atoms. The van der Waals surface area contributed by atoms with Crippen molar-refractivity contribution < 1.29 is 29.4 Å². The maximum Gasteiger partial charge on any atom is 0.326 e. The average molecular weight is 337 g/mol. The van der Waals surface area contributed by atoms with Crippen LogP contribution < -0.4 is 16.4 Å². The molecular weight excluding hydrogens is 318 g/mol. The summed E-state index contributed by atoms with van der Waals surface area (Å²) in [6.45, 7) is -0.421. The first kappa shape index (κ1) is 19.1. The van der Waals surface area contributed by atoms with Gasteiger partial charge in [0.25, 0.3) is 0 Å². The van der Waals surface area contributed by atoms with Gasteiger partial charge < -0.3 is 26.6 Å². The van der Waals surface area contributed by atoms with E-state index < -0.39 is 48.8 Å². The summed E-state index contributed by atoms with van der Waals surface area (Å²) >= 11 is 0. The Bertz CT molecular complexity index is 604. The number of hydrogen-bond acceptors (Lipinski definition) is 5. The number of aliphatic carboxylic acids is 2. The number of carboxylic acids is 2. The van der Waals surface area contributed by atoms with Gasteiger partial charge in [0.1, 0.15) is 12.1 Å². The third-order valence-corrected chi connectivity index (χ3v) is 3.11. The van der Waals surface area contributed by atoms with Crippen molar-refractivity contribution in [1.82, 2.24) is 10.6 Å². The highest BCUT2D eigenvalue weighted by Gasteiger charge is 2.28. The summed E-state index contributed by atoms with van der Waals surface area (Å²) in [5.74, 6) is -4.21. The lowest BCUT2D eigenvalue weighted by molar-refractivity contribution is -0.143. The van der Waals surface area contributed by atoms with Gasteiger partial charge in [-0.25, -0.2) is 4.79 Å². The van der Waals surface area contributed by atoms with Gasteiger partial charge in [-0.3, -0.25) is 14.4 Å². The highest BCUT2D eigenvalue weighted by molar-refractivity contribution is 5.93. The number of carbonyl (C=O) groups excluding carboxylic acids is 2. The van der Waals surface area contributed by atoms with Crippen LogP contribution in [0.4, 0.5) is 0 Å². The molecule has 130 valence electrons. The Morgan fingerprint density at radius 3 is 2.12 bits per heavy atom. The number of amides is 2. The van der Waals surface area contributed by atoms with E-state index in [0.29, 0.717) is 5.56 Å². The standard InChI is InChI=1S/C15H19N3O6/c16-8-12(19)17-10(7-13(20)21)14(22)18-11(15(23)24)6-9-4-2-1-3-5-9/h1-5,10-11H,6-8,16H2,(H,17,19)(H,18,22)(H,20,21)(H,23,24). The van der Waals surface area contributed by atoms with Crippen molar-refractivity contribution in [3.05, 3.63) is 35.9 Å². The predicted octanol–water partition coefficient (Wildman–Crippen LogP) is -1.28. The lowest BCUT2D eigenvalue weighted by Gasteiger charge is -2.20. The summed E-state index contributed by atoms with van der Waals surface area (Å²) in [6, 6.07) is 5.96. The molecule has 0 saturated carbocycles. The van der Waals surface area contributed by atoms with Gasteiger partial charge in [-0.2, -0.15) is 0 Å². The first-order valence-corrected chi connectivity index (χ1v) is 7.11. The Morgan fingerprint density at radius 1 is 1.00 bits per heavy atom. The van der Waals surface area contributed by atoms with Crippen LogP contribution in [0.3, 0.4) is 0 Å². The van der Waals surface area contributed by atoms with Gasteiger partial charge in [0.15, 0.2) is 0 Å². The summed E-state index contributed by atoms with van der Waals surface area (Å²) in [6.07, 6.45) is -0.665. The first-order chi connectivity index (χ1) is 11.3. The Hall–Kier alpha value is -2.94. The summed E-state index contributed by atoms with van der Waals surface area (Å²) in [7, 11) is 0. The van der Waals surface area contributed by atoms with Crippen LogP contribution in [0.15, 0.2) is 30.3 Å². The number of carbonyl (C=O) groups is 4. The van der Waals surface area contributed by atoms with Crippen LogP contribution >= 0.6 is 0 Å². The molecule has 0 fully saturated rings. The third-order valence-electron chi connectivity index (χ3n) is 3.11. The molecule has 2 atom stereocenters. The summed E-state index contributed by atoms with van der Waals surface area (Å²) in [5.41, 5.74) is 5.80. The van der Waals surface area contributed by atoms with E-state index in [1.165, 1.54) is 0 Å². The van der Waals surface area contributed by atoms with Gasteiger partial charge in [-0.1, -0.05) is 30.3 Å². The molecule has 9 heteroatoms. The maximum absolute atomic E-state index is 12.1. The minimum Gasteiger partial charge on any atom is -0.481 e. The normalized spacial score (nSPS) is 12.7. The molecule has 24 heavy (non-hydrogen) atoms. The highest BCUT2D eigenvalue weighted by Crippen LogP contribution is 2.04.